The monoisotopic (exact) mass is 459 g/mol. The van der Waals surface area contributed by atoms with Gasteiger partial charge in [-0.25, -0.2) is 9.78 Å². The molecule has 1 N–H and O–H groups in total. The number of ether oxygens (including phenoxy) is 1. The van der Waals surface area contributed by atoms with Gasteiger partial charge in [-0.1, -0.05) is 6.92 Å². The summed E-state index contributed by atoms with van der Waals surface area (Å²) in [6, 6.07) is 1.86. The van der Waals surface area contributed by atoms with Gasteiger partial charge in [0.05, 0.1) is 17.6 Å². The molecule has 3 aromatic rings. The summed E-state index contributed by atoms with van der Waals surface area (Å²) in [5.74, 6) is -0.270. The fraction of sp³-hybridized carbons (Fsp3) is 0.455. The van der Waals surface area contributed by atoms with E-state index >= 15 is 0 Å². The van der Waals surface area contributed by atoms with E-state index in [1.165, 1.54) is 27.2 Å². The molecular formula is C22H25N3O4S2. The maximum atomic E-state index is 13.0. The number of fused-ring (bicyclic) bond motifs is 2. The Morgan fingerprint density at radius 2 is 2.00 bits per heavy atom. The van der Waals surface area contributed by atoms with E-state index in [0.717, 1.165) is 47.4 Å². The van der Waals surface area contributed by atoms with Gasteiger partial charge in [0.25, 0.3) is 5.56 Å². The van der Waals surface area contributed by atoms with Gasteiger partial charge >= 0.3 is 5.97 Å². The van der Waals surface area contributed by atoms with Crippen LogP contribution in [0.2, 0.25) is 0 Å². The number of nitrogens with zero attached hydrogens (tertiary/aromatic N) is 2. The molecule has 0 spiro atoms. The molecular weight excluding hydrogens is 434 g/mol. The molecule has 9 heteroatoms. The average Bonchev–Trinajstić information content (AvgIpc) is 3.32. The Morgan fingerprint density at radius 3 is 2.74 bits per heavy atom. The number of anilines is 1. The van der Waals surface area contributed by atoms with Crippen LogP contribution in [0.4, 0.5) is 5.00 Å². The summed E-state index contributed by atoms with van der Waals surface area (Å²) in [7, 11) is 0. The first kappa shape index (κ1) is 21.7. The van der Waals surface area contributed by atoms with Gasteiger partial charge in [-0.3, -0.25) is 14.2 Å². The van der Waals surface area contributed by atoms with Crippen molar-refractivity contribution in [2.45, 2.75) is 59.4 Å². The fourth-order valence-electron chi connectivity index (χ4n) is 3.91. The summed E-state index contributed by atoms with van der Waals surface area (Å²) in [6.07, 6.45) is 4.64. The highest BCUT2D eigenvalue weighted by Crippen LogP contribution is 2.38. The van der Waals surface area contributed by atoms with Crippen molar-refractivity contribution >= 4 is 49.8 Å². The fourth-order valence-corrected chi connectivity index (χ4v) is 6.21. The molecule has 0 aromatic carbocycles. The number of hydrogen-bond acceptors (Lipinski definition) is 7. The predicted molar refractivity (Wildman–Crippen MR) is 124 cm³/mol. The number of amides is 1. The number of carbonyl (C=O) groups excluding carboxylic acids is 2. The second-order valence-electron chi connectivity index (χ2n) is 7.52. The molecule has 1 amide bonds. The summed E-state index contributed by atoms with van der Waals surface area (Å²) in [6.45, 7) is 5.65. The molecule has 0 saturated heterocycles. The van der Waals surface area contributed by atoms with Crippen LogP contribution in [-0.4, -0.2) is 28.0 Å². The van der Waals surface area contributed by atoms with Crippen LogP contribution < -0.4 is 10.9 Å². The van der Waals surface area contributed by atoms with Gasteiger partial charge < -0.3 is 10.1 Å². The number of aryl methyl sites for hydroxylation is 3. The van der Waals surface area contributed by atoms with E-state index in [1.807, 2.05) is 13.0 Å². The molecule has 31 heavy (non-hydrogen) atoms. The molecule has 3 heterocycles. The molecule has 3 aromatic heterocycles. The first-order valence-corrected chi connectivity index (χ1v) is 12.2. The van der Waals surface area contributed by atoms with Crippen LogP contribution in [0.15, 0.2) is 10.9 Å². The Morgan fingerprint density at radius 1 is 1.23 bits per heavy atom. The van der Waals surface area contributed by atoms with Gasteiger partial charge in [0.15, 0.2) is 0 Å². The van der Waals surface area contributed by atoms with Crippen LogP contribution >= 0.6 is 22.7 Å². The van der Waals surface area contributed by atoms with E-state index in [1.54, 1.807) is 13.8 Å². The zero-order chi connectivity index (χ0) is 22.1. The Balaban J connectivity index is 1.63. The van der Waals surface area contributed by atoms with Crippen LogP contribution in [0.5, 0.6) is 0 Å². The van der Waals surface area contributed by atoms with Crippen LogP contribution in [0, 0.1) is 6.92 Å². The molecule has 1 aliphatic rings. The van der Waals surface area contributed by atoms with Crippen molar-refractivity contribution < 1.29 is 14.3 Å². The second kappa shape index (κ2) is 8.92. The zero-order valence-corrected chi connectivity index (χ0v) is 19.5. The van der Waals surface area contributed by atoms with E-state index in [2.05, 4.69) is 10.3 Å². The molecule has 7 nitrogen and oxygen atoms in total. The summed E-state index contributed by atoms with van der Waals surface area (Å²) in [5.41, 5.74) is 1.24. The highest BCUT2D eigenvalue weighted by Gasteiger charge is 2.27. The van der Waals surface area contributed by atoms with Crippen molar-refractivity contribution in [2.75, 3.05) is 11.9 Å². The summed E-state index contributed by atoms with van der Waals surface area (Å²) in [5, 5.41) is 3.92. The number of carbonyl (C=O) groups is 2. The summed E-state index contributed by atoms with van der Waals surface area (Å²) in [4.78, 5) is 45.9. The highest BCUT2D eigenvalue weighted by molar-refractivity contribution is 7.18. The highest BCUT2D eigenvalue weighted by atomic mass is 32.1. The molecule has 164 valence electrons. The van der Waals surface area contributed by atoms with Crippen LogP contribution in [0.1, 0.15) is 58.2 Å². The maximum Gasteiger partial charge on any atom is 0.341 e. The minimum absolute atomic E-state index is 0.157. The molecule has 0 radical (unpaired) electrons. The lowest BCUT2D eigenvalue weighted by molar-refractivity contribution is -0.116. The lowest BCUT2D eigenvalue weighted by Gasteiger charge is -2.12. The Kier molecular flexibility index (Phi) is 6.24. The van der Waals surface area contributed by atoms with E-state index < -0.39 is 5.97 Å². The van der Waals surface area contributed by atoms with E-state index in [9.17, 15) is 14.4 Å². The lowest BCUT2D eigenvalue weighted by Crippen LogP contribution is -2.30. The quantitative estimate of drug-likeness (QED) is 0.561. The third-order valence-electron chi connectivity index (χ3n) is 5.45. The predicted octanol–water partition coefficient (Wildman–Crippen LogP) is 4.08. The van der Waals surface area contributed by atoms with Crippen molar-refractivity contribution in [1.29, 1.82) is 0 Å². The van der Waals surface area contributed by atoms with Gasteiger partial charge in [0, 0.05) is 9.75 Å². The first-order valence-electron chi connectivity index (χ1n) is 10.5. The Labute approximate surface area is 188 Å². The third kappa shape index (κ3) is 4.16. The molecule has 4 rings (SSSR count). The summed E-state index contributed by atoms with van der Waals surface area (Å²) < 4.78 is 6.63. The van der Waals surface area contributed by atoms with Crippen molar-refractivity contribution in [3.63, 3.8) is 0 Å². The van der Waals surface area contributed by atoms with Crippen LogP contribution in [-0.2, 0) is 35.3 Å². The second-order valence-corrected chi connectivity index (χ2v) is 9.74. The van der Waals surface area contributed by atoms with E-state index in [-0.39, 0.29) is 24.6 Å². The zero-order valence-electron chi connectivity index (χ0n) is 17.9. The van der Waals surface area contributed by atoms with Gasteiger partial charge in [-0.05, 0) is 57.6 Å². The Bertz CT molecular complexity index is 1220. The smallest absolute Gasteiger partial charge is 0.341 e. The van der Waals surface area contributed by atoms with Gasteiger partial charge in [0.1, 0.15) is 22.2 Å². The van der Waals surface area contributed by atoms with Crippen LogP contribution in [0.3, 0.4) is 0 Å². The van der Waals surface area contributed by atoms with Crippen molar-refractivity contribution in [1.82, 2.24) is 9.55 Å². The van der Waals surface area contributed by atoms with Gasteiger partial charge in [-0.15, -0.1) is 22.7 Å². The van der Waals surface area contributed by atoms with Crippen LogP contribution in [0.25, 0.3) is 10.2 Å². The average molecular weight is 460 g/mol. The standard InChI is InChI=1S/C22H25N3O4S2/c1-4-13-10-15-19(30-13)23-12(3)25(21(15)27)11-17(26)24-20-18(22(28)29-5-2)14-8-6-7-9-16(14)31-20/h10H,4-9,11H2,1-3H3,(H,24,26). The molecule has 0 unspecified atom stereocenters. The van der Waals surface area contributed by atoms with Crippen molar-refractivity contribution in [2.24, 2.45) is 0 Å². The Hall–Kier alpha value is -2.52. The molecule has 1 aliphatic carbocycles. The SMILES string of the molecule is CCOC(=O)c1c(NC(=O)Cn2c(C)nc3sc(CC)cc3c2=O)sc2c1CCCC2. The topological polar surface area (TPSA) is 90.3 Å². The number of thiophene rings is 2. The van der Waals surface area contributed by atoms with Crippen molar-refractivity contribution in [3.8, 4) is 0 Å². The van der Waals surface area contributed by atoms with Gasteiger partial charge in [0.2, 0.25) is 5.91 Å². The first-order chi connectivity index (χ1) is 14.9. The molecule has 0 atom stereocenters. The minimum atomic E-state index is -0.404. The minimum Gasteiger partial charge on any atom is -0.462 e. The third-order valence-corrected chi connectivity index (χ3v) is 7.83. The van der Waals surface area contributed by atoms with Crippen molar-refractivity contribution in [3.05, 3.63) is 43.1 Å². The normalized spacial score (nSPS) is 13.3. The number of rotatable bonds is 6. The van der Waals surface area contributed by atoms with E-state index in [0.29, 0.717) is 26.6 Å². The van der Waals surface area contributed by atoms with Gasteiger partial charge in [-0.2, -0.15) is 0 Å². The number of nitrogens with one attached hydrogen (secondary N) is 1. The van der Waals surface area contributed by atoms with E-state index in [4.69, 9.17) is 4.74 Å². The molecule has 0 bridgehead atoms. The largest absolute Gasteiger partial charge is 0.462 e. The number of aromatic nitrogens is 2. The maximum absolute atomic E-state index is 13.0. The lowest BCUT2D eigenvalue weighted by atomic mass is 9.95. The molecule has 0 saturated carbocycles. The molecule has 0 fully saturated rings. The molecule has 0 aliphatic heterocycles. The number of hydrogen-bond donors (Lipinski definition) is 1. The summed E-state index contributed by atoms with van der Waals surface area (Å²) >= 11 is 2.94. The number of esters is 1.